The van der Waals surface area contributed by atoms with Gasteiger partial charge in [-0.15, -0.1) is 0 Å². The molecule has 0 unspecified atom stereocenters. The number of aromatic nitrogens is 4. The summed E-state index contributed by atoms with van der Waals surface area (Å²) in [7, 11) is 0. The minimum atomic E-state index is -0.238. The van der Waals surface area contributed by atoms with Gasteiger partial charge in [0.2, 0.25) is 0 Å². The molecular weight excluding hydrogens is 228 g/mol. The fraction of sp³-hybridized carbons (Fsp3) is 0.154. The van der Waals surface area contributed by atoms with Crippen LogP contribution in [0.15, 0.2) is 29.3 Å². The SMILES string of the molecule is Cc1cncc(C)c1-c1ccc2[nH]c(=O)[nH]c2n1. The van der Waals surface area contributed by atoms with Crippen LogP contribution in [0.2, 0.25) is 0 Å². The number of pyridine rings is 2. The average Bonchev–Trinajstić information content (AvgIpc) is 2.68. The summed E-state index contributed by atoms with van der Waals surface area (Å²) in [5.74, 6) is 0. The van der Waals surface area contributed by atoms with Crippen LogP contribution in [0.3, 0.4) is 0 Å². The van der Waals surface area contributed by atoms with Gasteiger partial charge in [-0.2, -0.15) is 0 Å². The second kappa shape index (κ2) is 3.80. The van der Waals surface area contributed by atoms with E-state index in [9.17, 15) is 4.79 Å². The van der Waals surface area contributed by atoms with Crippen LogP contribution >= 0.6 is 0 Å². The molecule has 90 valence electrons. The number of nitrogens with one attached hydrogen (secondary N) is 2. The molecule has 0 spiro atoms. The summed E-state index contributed by atoms with van der Waals surface area (Å²) in [6, 6.07) is 3.76. The highest BCUT2D eigenvalue weighted by Crippen LogP contribution is 2.25. The van der Waals surface area contributed by atoms with Gasteiger partial charge in [0.25, 0.3) is 0 Å². The summed E-state index contributed by atoms with van der Waals surface area (Å²) in [4.78, 5) is 25.2. The molecule has 0 atom stereocenters. The summed E-state index contributed by atoms with van der Waals surface area (Å²) in [6.45, 7) is 4.00. The highest BCUT2D eigenvalue weighted by molar-refractivity contribution is 5.76. The van der Waals surface area contributed by atoms with Gasteiger partial charge in [-0.25, -0.2) is 9.78 Å². The van der Waals surface area contributed by atoms with E-state index >= 15 is 0 Å². The van der Waals surface area contributed by atoms with E-state index in [-0.39, 0.29) is 5.69 Å². The second-order valence-electron chi connectivity index (χ2n) is 4.32. The van der Waals surface area contributed by atoms with Gasteiger partial charge in [-0.05, 0) is 37.1 Å². The number of nitrogens with zero attached hydrogens (tertiary/aromatic N) is 2. The predicted molar refractivity (Wildman–Crippen MR) is 69.4 cm³/mol. The van der Waals surface area contributed by atoms with Crippen LogP contribution in [0, 0.1) is 13.8 Å². The van der Waals surface area contributed by atoms with E-state index in [1.165, 1.54) is 0 Å². The smallest absolute Gasteiger partial charge is 0.304 e. The number of hydrogen-bond acceptors (Lipinski definition) is 3. The number of aromatic amines is 2. The number of fused-ring (bicyclic) bond motifs is 1. The zero-order valence-electron chi connectivity index (χ0n) is 10.1. The maximum Gasteiger partial charge on any atom is 0.325 e. The molecule has 3 aromatic heterocycles. The molecule has 5 nitrogen and oxygen atoms in total. The van der Waals surface area contributed by atoms with Crippen LogP contribution < -0.4 is 5.69 Å². The van der Waals surface area contributed by atoms with Crippen molar-refractivity contribution >= 4 is 11.2 Å². The van der Waals surface area contributed by atoms with E-state index in [4.69, 9.17) is 0 Å². The molecule has 3 aromatic rings. The monoisotopic (exact) mass is 240 g/mol. The van der Waals surface area contributed by atoms with Crippen molar-refractivity contribution in [1.82, 2.24) is 19.9 Å². The van der Waals surface area contributed by atoms with Gasteiger partial charge in [-0.3, -0.25) is 9.97 Å². The number of rotatable bonds is 1. The fourth-order valence-electron chi connectivity index (χ4n) is 2.16. The molecule has 0 saturated heterocycles. The predicted octanol–water partition coefficient (Wildman–Crippen LogP) is 1.93. The van der Waals surface area contributed by atoms with Gasteiger partial charge in [0.15, 0.2) is 5.65 Å². The molecule has 0 aliphatic heterocycles. The third-order valence-electron chi connectivity index (χ3n) is 2.96. The van der Waals surface area contributed by atoms with Gasteiger partial charge in [0.1, 0.15) is 0 Å². The van der Waals surface area contributed by atoms with E-state index < -0.39 is 0 Å². The van der Waals surface area contributed by atoms with Crippen molar-refractivity contribution in [3.63, 3.8) is 0 Å². The molecule has 2 N–H and O–H groups in total. The van der Waals surface area contributed by atoms with Crippen LogP contribution in [0.5, 0.6) is 0 Å². The molecule has 0 fully saturated rings. The molecule has 18 heavy (non-hydrogen) atoms. The third kappa shape index (κ3) is 1.60. The molecule has 0 aliphatic carbocycles. The van der Waals surface area contributed by atoms with Gasteiger partial charge in [0.05, 0.1) is 11.2 Å². The molecule has 0 radical (unpaired) electrons. The lowest BCUT2D eigenvalue weighted by atomic mass is 10.0. The minimum Gasteiger partial charge on any atom is -0.304 e. The Morgan fingerprint density at radius 1 is 1.06 bits per heavy atom. The molecular formula is C13H12N4O. The topological polar surface area (TPSA) is 74.4 Å². The number of hydrogen-bond donors (Lipinski definition) is 2. The van der Waals surface area contributed by atoms with Crippen molar-refractivity contribution in [2.75, 3.05) is 0 Å². The average molecular weight is 240 g/mol. The molecule has 0 amide bonds. The zero-order valence-corrected chi connectivity index (χ0v) is 10.1. The highest BCUT2D eigenvalue weighted by atomic mass is 16.1. The van der Waals surface area contributed by atoms with Crippen LogP contribution in [0.4, 0.5) is 0 Å². The summed E-state index contributed by atoms with van der Waals surface area (Å²) < 4.78 is 0. The summed E-state index contributed by atoms with van der Waals surface area (Å²) in [5, 5.41) is 0. The van der Waals surface area contributed by atoms with Crippen LogP contribution in [-0.4, -0.2) is 19.9 Å². The zero-order chi connectivity index (χ0) is 12.7. The Morgan fingerprint density at radius 2 is 1.78 bits per heavy atom. The molecule has 3 heterocycles. The summed E-state index contributed by atoms with van der Waals surface area (Å²) in [5.41, 5.74) is 5.10. The molecule has 0 bridgehead atoms. The first-order valence-corrected chi connectivity index (χ1v) is 5.66. The van der Waals surface area contributed by atoms with E-state index in [1.54, 1.807) is 0 Å². The number of H-pyrrole nitrogens is 2. The molecule has 0 aromatic carbocycles. The maximum absolute atomic E-state index is 11.2. The first-order valence-electron chi connectivity index (χ1n) is 5.66. The first kappa shape index (κ1) is 10.7. The highest BCUT2D eigenvalue weighted by Gasteiger charge is 2.09. The summed E-state index contributed by atoms with van der Waals surface area (Å²) in [6.07, 6.45) is 3.63. The normalized spacial score (nSPS) is 11.0. The number of imidazole rings is 1. The van der Waals surface area contributed by atoms with E-state index in [0.29, 0.717) is 11.2 Å². The van der Waals surface area contributed by atoms with Gasteiger partial charge in [-0.1, -0.05) is 0 Å². The lowest BCUT2D eigenvalue weighted by Gasteiger charge is -2.07. The molecule has 0 aliphatic rings. The van der Waals surface area contributed by atoms with Crippen molar-refractivity contribution in [1.29, 1.82) is 0 Å². The van der Waals surface area contributed by atoms with Crippen molar-refractivity contribution < 1.29 is 0 Å². The Kier molecular flexibility index (Phi) is 2.26. The Morgan fingerprint density at radius 3 is 2.50 bits per heavy atom. The third-order valence-corrected chi connectivity index (χ3v) is 2.96. The molecule has 3 rings (SSSR count). The fourth-order valence-corrected chi connectivity index (χ4v) is 2.16. The Hall–Kier alpha value is -2.43. The minimum absolute atomic E-state index is 0.238. The van der Waals surface area contributed by atoms with E-state index in [1.807, 2.05) is 38.4 Å². The largest absolute Gasteiger partial charge is 0.325 e. The lowest BCUT2D eigenvalue weighted by molar-refractivity contribution is 1.19. The van der Waals surface area contributed by atoms with E-state index in [2.05, 4.69) is 19.9 Å². The van der Waals surface area contributed by atoms with Gasteiger partial charge in [0, 0.05) is 18.0 Å². The Balaban J connectivity index is 2.28. The van der Waals surface area contributed by atoms with Gasteiger partial charge < -0.3 is 4.98 Å². The lowest BCUT2D eigenvalue weighted by Crippen LogP contribution is -1.99. The van der Waals surface area contributed by atoms with Crippen molar-refractivity contribution in [3.05, 3.63) is 46.1 Å². The maximum atomic E-state index is 11.2. The van der Waals surface area contributed by atoms with Crippen molar-refractivity contribution in [2.45, 2.75) is 13.8 Å². The van der Waals surface area contributed by atoms with Crippen molar-refractivity contribution in [2.24, 2.45) is 0 Å². The standard InChI is InChI=1S/C13H12N4O/c1-7-5-14-6-8(2)11(7)9-3-4-10-12(15-9)17-13(18)16-10/h3-6H,1-2H3,(H2,15,16,17,18). The summed E-state index contributed by atoms with van der Waals surface area (Å²) >= 11 is 0. The van der Waals surface area contributed by atoms with Crippen LogP contribution in [-0.2, 0) is 0 Å². The first-order chi connectivity index (χ1) is 8.65. The Labute approximate surface area is 103 Å². The molecule has 0 saturated carbocycles. The molecule has 5 heteroatoms. The number of aryl methyl sites for hydroxylation is 2. The Bertz CT molecular complexity index is 765. The van der Waals surface area contributed by atoms with Crippen LogP contribution in [0.25, 0.3) is 22.4 Å². The van der Waals surface area contributed by atoms with Gasteiger partial charge >= 0.3 is 5.69 Å². The van der Waals surface area contributed by atoms with Crippen molar-refractivity contribution in [3.8, 4) is 11.3 Å². The van der Waals surface area contributed by atoms with Crippen LogP contribution in [0.1, 0.15) is 11.1 Å². The second-order valence-corrected chi connectivity index (χ2v) is 4.32. The van der Waals surface area contributed by atoms with E-state index in [0.717, 1.165) is 22.4 Å². The quantitative estimate of drug-likeness (QED) is 0.682.